The molecule has 2 fully saturated rings. The van der Waals surface area contributed by atoms with Crippen molar-refractivity contribution in [3.63, 3.8) is 0 Å². The summed E-state index contributed by atoms with van der Waals surface area (Å²) in [4.78, 5) is 12.8. The monoisotopic (exact) mass is 322 g/mol. The van der Waals surface area contributed by atoms with E-state index in [2.05, 4.69) is 10.6 Å². The topological polar surface area (TPSA) is 41.1 Å². The van der Waals surface area contributed by atoms with E-state index in [1.807, 2.05) is 6.92 Å². The first-order chi connectivity index (χ1) is 11.0. The Bertz CT molecular complexity index is 592. The van der Waals surface area contributed by atoms with Gasteiger partial charge in [0, 0.05) is 25.1 Å². The smallest absolute Gasteiger partial charge is 0.227 e. The second-order valence-corrected chi connectivity index (χ2v) is 7.01. The van der Waals surface area contributed by atoms with Crippen LogP contribution in [0, 0.1) is 23.0 Å². The SMILES string of the molecule is CC(CNC(=O)[C@@]12CCCC[C@H]1CNC2)c1ccc(F)cc1F. The quantitative estimate of drug-likeness (QED) is 0.895. The van der Waals surface area contributed by atoms with E-state index < -0.39 is 11.6 Å². The minimum atomic E-state index is -0.580. The van der Waals surface area contributed by atoms with Gasteiger partial charge in [-0.3, -0.25) is 4.79 Å². The van der Waals surface area contributed by atoms with Crippen molar-refractivity contribution >= 4 is 5.91 Å². The van der Waals surface area contributed by atoms with Crippen molar-refractivity contribution in [3.05, 3.63) is 35.4 Å². The molecule has 1 aromatic carbocycles. The number of carbonyl (C=O) groups is 1. The summed E-state index contributed by atoms with van der Waals surface area (Å²) in [5, 5.41) is 6.37. The predicted octanol–water partition coefficient (Wildman–Crippen LogP) is 2.96. The molecule has 3 rings (SSSR count). The number of halogens is 2. The van der Waals surface area contributed by atoms with Crippen LogP contribution in [0.3, 0.4) is 0 Å². The summed E-state index contributed by atoms with van der Waals surface area (Å²) in [6.07, 6.45) is 4.31. The summed E-state index contributed by atoms with van der Waals surface area (Å²) < 4.78 is 26.8. The van der Waals surface area contributed by atoms with Gasteiger partial charge in [-0.05, 0) is 36.9 Å². The van der Waals surface area contributed by atoms with E-state index in [-0.39, 0.29) is 17.2 Å². The van der Waals surface area contributed by atoms with Crippen molar-refractivity contribution < 1.29 is 13.6 Å². The fourth-order valence-corrected chi connectivity index (χ4v) is 4.12. The number of amides is 1. The van der Waals surface area contributed by atoms with Crippen molar-refractivity contribution in [2.75, 3.05) is 19.6 Å². The Morgan fingerprint density at radius 1 is 1.43 bits per heavy atom. The number of nitrogens with one attached hydrogen (secondary N) is 2. The number of benzene rings is 1. The minimum Gasteiger partial charge on any atom is -0.355 e. The number of hydrogen-bond donors (Lipinski definition) is 2. The van der Waals surface area contributed by atoms with Gasteiger partial charge in [0.05, 0.1) is 5.41 Å². The van der Waals surface area contributed by atoms with E-state index in [1.54, 1.807) is 0 Å². The Morgan fingerprint density at radius 2 is 2.26 bits per heavy atom. The molecule has 1 unspecified atom stereocenters. The van der Waals surface area contributed by atoms with Crippen molar-refractivity contribution in [1.82, 2.24) is 10.6 Å². The molecule has 0 spiro atoms. The molecular weight excluding hydrogens is 298 g/mol. The van der Waals surface area contributed by atoms with E-state index in [0.29, 0.717) is 18.0 Å². The molecule has 3 nitrogen and oxygen atoms in total. The molecule has 0 radical (unpaired) electrons. The van der Waals surface area contributed by atoms with Gasteiger partial charge in [0.25, 0.3) is 0 Å². The molecule has 5 heteroatoms. The van der Waals surface area contributed by atoms with Gasteiger partial charge < -0.3 is 10.6 Å². The van der Waals surface area contributed by atoms with Gasteiger partial charge in [0.2, 0.25) is 5.91 Å². The zero-order valence-corrected chi connectivity index (χ0v) is 13.5. The van der Waals surface area contributed by atoms with Crippen LogP contribution < -0.4 is 10.6 Å². The van der Waals surface area contributed by atoms with Gasteiger partial charge >= 0.3 is 0 Å². The molecule has 1 aliphatic carbocycles. The lowest BCUT2D eigenvalue weighted by Crippen LogP contribution is -2.48. The van der Waals surface area contributed by atoms with Crippen LogP contribution in [0.15, 0.2) is 18.2 Å². The van der Waals surface area contributed by atoms with Crippen LogP contribution in [-0.2, 0) is 4.79 Å². The largest absolute Gasteiger partial charge is 0.355 e. The third kappa shape index (κ3) is 3.11. The summed E-state index contributed by atoms with van der Waals surface area (Å²) >= 11 is 0. The van der Waals surface area contributed by atoms with Crippen molar-refractivity contribution in [1.29, 1.82) is 0 Å². The van der Waals surface area contributed by atoms with E-state index in [1.165, 1.54) is 18.6 Å². The number of hydrogen-bond acceptors (Lipinski definition) is 2. The molecule has 126 valence electrons. The minimum absolute atomic E-state index is 0.0848. The molecule has 23 heavy (non-hydrogen) atoms. The van der Waals surface area contributed by atoms with E-state index >= 15 is 0 Å². The highest BCUT2D eigenvalue weighted by Gasteiger charge is 2.49. The third-order valence-corrected chi connectivity index (χ3v) is 5.55. The van der Waals surface area contributed by atoms with Gasteiger partial charge in [-0.15, -0.1) is 0 Å². The van der Waals surface area contributed by atoms with Crippen LogP contribution in [0.2, 0.25) is 0 Å². The first kappa shape index (κ1) is 16.4. The Hall–Kier alpha value is -1.49. The molecule has 2 N–H and O–H groups in total. The maximum Gasteiger partial charge on any atom is 0.227 e. The molecule has 3 atom stereocenters. The van der Waals surface area contributed by atoms with Gasteiger partial charge in [-0.1, -0.05) is 25.8 Å². The predicted molar refractivity (Wildman–Crippen MR) is 85.0 cm³/mol. The Morgan fingerprint density at radius 3 is 3.04 bits per heavy atom. The van der Waals surface area contributed by atoms with Gasteiger partial charge in [0.15, 0.2) is 0 Å². The molecule has 1 saturated carbocycles. The number of rotatable bonds is 4. The second-order valence-electron chi connectivity index (χ2n) is 7.01. The molecule has 2 aliphatic rings. The van der Waals surface area contributed by atoms with Gasteiger partial charge in [-0.25, -0.2) is 8.78 Å². The van der Waals surface area contributed by atoms with Crippen molar-refractivity contribution in [2.24, 2.45) is 11.3 Å². The standard InChI is InChI=1S/C18H24F2N2O/c1-12(15-6-5-14(19)8-16(15)20)9-22-17(23)18-7-3-2-4-13(18)10-21-11-18/h5-6,8,12-13,21H,2-4,7,9-11H2,1H3,(H,22,23)/t12?,13-,18+/m0/s1. The zero-order valence-electron chi connectivity index (χ0n) is 13.5. The van der Waals surface area contributed by atoms with Gasteiger partial charge in [0.1, 0.15) is 11.6 Å². The van der Waals surface area contributed by atoms with Crippen LogP contribution in [0.4, 0.5) is 8.78 Å². The molecule has 1 saturated heterocycles. The Labute approximate surface area is 135 Å². The lowest BCUT2D eigenvalue weighted by atomic mass is 9.67. The Balaban J connectivity index is 1.64. The molecule has 1 aromatic rings. The molecule has 1 heterocycles. The van der Waals surface area contributed by atoms with E-state index in [0.717, 1.165) is 38.4 Å². The number of carbonyl (C=O) groups excluding carboxylic acids is 1. The molecule has 1 aliphatic heterocycles. The van der Waals surface area contributed by atoms with Gasteiger partial charge in [-0.2, -0.15) is 0 Å². The number of fused-ring (bicyclic) bond motifs is 1. The van der Waals surface area contributed by atoms with Crippen LogP contribution in [-0.4, -0.2) is 25.5 Å². The maximum atomic E-state index is 13.8. The summed E-state index contributed by atoms with van der Waals surface area (Å²) in [6.45, 7) is 3.87. The highest BCUT2D eigenvalue weighted by Crippen LogP contribution is 2.43. The van der Waals surface area contributed by atoms with E-state index in [4.69, 9.17) is 0 Å². The second kappa shape index (κ2) is 6.56. The van der Waals surface area contributed by atoms with E-state index in [9.17, 15) is 13.6 Å². The fraction of sp³-hybridized carbons (Fsp3) is 0.611. The summed E-state index contributed by atoms with van der Waals surface area (Å²) in [5.74, 6) is -0.825. The molecule has 1 amide bonds. The summed E-state index contributed by atoms with van der Waals surface area (Å²) in [5.41, 5.74) is 0.146. The first-order valence-electron chi connectivity index (χ1n) is 8.47. The first-order valence-corrected chi connectivity index (χ1v) is 8.47. The lowest BCUT2D eigenvalue weighted by molar-refractivity contribution is -0.134. The highest BCUT2D eigenvalue weighted by atomic mass is 19.1. The van der Waals surface area contributed by atoms with Crippen molar-refractivity contribution in [2.45, 2.75) is 38.5 Å². The summed E-state index contributed by atoms with van der Waals surface area (Å²) in [7, 11) is 0. The van der Waals surface area contributed by atoms with Crippen LogP contribution >= 0.6 is 0 Å². The van der Waals surface area contributed by atoms with Crippen LogP contribution in [0.25, 0.3) is 0 Å². The van der Waals surface area contributed by atoms with Crippen molar-refractivity contribution in [3.8, 4) is 0 Å². The Kier molecular flexibility index (Phi) is 4.67. The van der Waals surface area contributed by atoms with Crippen LogP contribution in [0.1, 0.15) is 44.1 Å². The molecule has 0 bridgehead atoms. The molecule has 0 aromatic heterocycles. The zero-order chi connectivity index (χ0) is 16.4. The van der Waals surface area contributed by atoms with Crippen LogP contribution in [0.5, 0.6) is 0 Å². The maximum absolute atomic E-state index is 13.8. The third-order valence-electron chi connectivity index (χ3n) is 5.55. The molecular formula is C18H24F2N2O. The average molecular weight is 322 g/mol. The normalized spacial score (nSPS) is 28.2. The highest BCUT2D eigenvalue weighted by molar-refractivity contribution is 5.84. The lowest BCUT2D eigenvalue weighted by Gasteiger charge is -2.37. The summed E-state index contributed by atoms with van der Waals surface area (Å²) in [6, 6.07) is 3.61. The average Bonchev–Trinajstić information content (AvgIpc) is 2.97. The fourth-order valence-electron chi connectivity index (χ4n) is 4.12.